The maximum atomic E-state index is 11.3. The highest BCUT2D eigenvalue weighted by Crippen LogP contribution is 2.05. The average Bonchev–Trinajstić information content (AvgIpc) is 2.83. The smallest absolute Gasteiger partial charge is 0.338 e. The summed E-state index contributed by atoms with van der Waals surface area (Å²) in [6.45, 7) is 0.368. The molecule has 0 radical (unpaired) electrons. The molecule has 0 spiro atoms. The number of rotatable bonds is 12. The van der Waals surface area contributed by atoms with Crippen molar-refractivity contribution in [2.45, 2.75) is 25.4 Å². The van der Waals surface area contributed by atoms with Gasteiger partial charge in [-0.1, -0.05) is 60.7 Å². The van der Waals surface area contributed by atoms with Crippen molar-refractivity contribution in [2.75, 3.05) is 33.7 Å². The van der Waals surface area contributed by atoms with Crippen LogP contribution in [0.15, 0.2) is 60.7 Å². The van der Waals surface area contributed by atoms with E-state index in [0.717, 1.165) is 24.5 Å². The van der Waals surface area contributed by atoms with Gasteiger partial charge < -0.3 is 24.1 Å². The molecule has 2 rings (SSSR count). The van der Waals surface area contributed by atoms with Gasteiger partial charge in [0.15, 0.2) is 12.2 Å². The van der Waals surface area contributed by atoms with Gasteiger partial charge in [0.1, 0.15) is 0 Å². The van der Waals surface area contributed by atoms with Crippen LogP contribution in [0.2, 0.25) is 0 Å². The Morgan fingerprint density at radius 1 is 0.794 bits per heavy atom. The molecule has 2 aromatic rings. The molecular weight excluding hydrogens is 468 g/mol. The fourth-order valence-corrected chi connectivity index (χ4v) is 2.96. The lowest BCUT2D eigenvalue weighted by atomic mass is 10.2. The molecule has 188 valence electrons. The van der Waals surface area contributed by atoms with Crippen molar-refractivity contribution in [3.8, 4) is 0 Å². The normalized spacial score (nSPS) is 12.6. The van der Waals surface area contributed by atoms with Crippen LogP contribution in [0.5, 0.6) is 0 Å². The van der Waals surface area contributed by atoms with Gasteiger partial charge in [-0.3, -0.25) is 4.18 Å². The first-order valence-electron chi connectivity index (χ1n) is 10.1. The summed E-state index contributed by atoms with van der Waals surface area (Å²) < 4.78 is 45.8. The average molecular weight is 499 g/mol. The van der Waals surface area contributed by atoms with Gasteiger partial charge in [-0.2, -0.15) is 8.42 Å². The summed E-state index contributed by atoms with van der Waals surface area (Å²) >= 11 is 0. The molecule has 1 N–H and O–H groups in total. The number of carbonyl (C=O) groups excluding carboxylic acids is 2. The minimum Gasteiger partial charge on any atom is -0.467 e. The minimum absolute atomic E-state index is 0.0540. The van der Waals surface area contributed by atoms with Gasteiger partial charge in [-0.05, 0) is 11.1 Å². The molecular formula is C23H30O10S. The van der Waals surface area contributed by atoms with Gasteiger partial charge in [0, 0.05) is 0 Å². The summed E-state index contributed by atoms with van der Waals surface area (Å²) in [5.74, 6) is -1.47. The summed E-state index contributed by atoms with van der Waals surface area (Å²) in [5.41, 5.74) is 1.90. The van der Waals surface area contributed by atoms with Crippen LogP contribution in [0.4, 0.5) is 0 Å². The molecule has 0 aliphatic heterocycles. The summed E-state index contributed by atoms with van der Waals surface area (Å²) in [6.07, 6.45) is -1.64. The first kappa shape index (κ1) is 29.2. The number of aliphatic hydroxyl groups is 1. The van der Waals surface area contributed by atoms with Crippen molar-refractivity contribution in [1.82, 2.24) is 0 Å². The molecule has 0 aliphatic rings. The number of carbonyl (C=O) groups is 2. The summed E-state index contributed by atoms with van der Waals surface area (Å²) in [6, 6.07) is 18.8. The SMILES string of the molecule is COC(=O)[C@@H](COCc1ccccc1)OS(C)(=O)=O.COC(=O)[C@H](O)COCc1ccccc1. The highest BCUT2D eigenvalue weighted by Gasteiger charge is 2.25. The Balaban J connectivity index is 0.000000350. The molecule has 2 atom stereocenters. The van der Waals surface area contributed by atoms with E-state index in [1.807, 2.05) is 60.7 Å². The topological polar surface area (TPSA) is 135 Å². The fraction of sp³-hybridized carbons (Fsp3) is 0.391. The number of aliphatic hydroxyl groups excluding tert-OH is 1. The van der Waals surface area contributed by atoms with Crippen molar-refractivity contribution in [1.29, 1.82) is 0 Å². The van der Waals surface area contributed by atoms with Crippen molar-refractivity contribution >= 4 is 22.1 Å². The van der Waals surface area contributed by atoms with Crippen LogP contribution in [0.1, 0.15) is 11.1 Å². The molecule has 0 saturated heterocycles. The van der Waals surface area contributed by atoms with Crippen molar-refractivity contribution in [3.05, 3.63) is 71.8 Å². The van der Waals surface area contributed by atoms with Gasteiger partial charge in [0.25, 0.3) is 10.1 Å². The standard InChI is InChI=1S/C12H16O6S.C11H14O4/c1-16-12(13)11(18-19(2,14)15)9-17-8-10-6-4-3-5-7-10;1-14-11(13)10(12)8-15-7-9-5-3-2-4-6-9/h3-7,11H,8-9H2,1-2H3;2-6,10,12H,7-8H2,1H3/t11-;10-/m11/s1. The minimum atomic E-state index is -3.75. The predicted molar refractivity (Wildman–Crippen MR) is 122 cm³/mol. The third-order valence-corrected chi connectivity index (χ3v) is 4.58. The number of esters is 2. The summed E-state index contributed by atoms with van der Waals surface area (Å²) in [7, 11) is -1.38. The predicted octanol–water partition coefficient (Wildman–Crippen LogP) is 1.46. The summed E-state index contributed by atoms with van der Waals surface area (Å²) in [5, 5.41) is 9.20. The van der Waals surface area contributed by atoms with Crippen molar-refractivity contribution in [2.24, 2.45) is 0 Å². The van der Waals surface area contributed by atoms with E-state index in [1.165, 1.54) is 7.11 Å². The Bertz CT molecular complexity index is 948. The van der Waals surface area contributed by atoms with Crippen LogP contribution in [0, 0.1) is 0 Å². The van der Waals surface area contributed by atoms with E-state index in [0.29, 0.717) is 6.61 Å². The number of hydrogen-bond donors (Lipinski definition) is 1. The van der Waals surface area contributed by atoms with E-state index < -0.39 is 34.3 Å². The van der Waals surface area contributed by atoms with E-state index in [-0.39, 0.29) is 19.8 Å². The Labute approximate surface area is 199 Å². The fourth-order valence-electron chi connectivity index (χ4n) is 2.40. The zero-order valence-electron chi connectivity index (χ0n) is 19.3. The number of benzene rings is 2. The lowest BCUT2D eigenvalue weighted by molar-refractivity contribution is -0.154. The van der Waals surface area contributed by atoms with Crippen LogP contribution in [0.25, 0.3) is 0 Å². The Morgan fingerprint density at radius 2 is 1.24 bits per heavy atom. The Kier molecular flexibility index (Phi) is 13.7. The van der Waals surface area contributed by atoms with Crippen LogP contribution < -0.4 is 0 Å². The second-order valence-electron chi connectivity index (χ2n) is 6.85. The van der Waals surface area contributed by atoms with E-state index in [1.54, 1.807) is 0 Å². The van der Waals surface area contributed by atoms with Gasteiger partial charge >= 0.3 is 11.9 Å². The zero-order chi connectivity index (χ0) is 25.4. The number of methoxy groups -OCH3 is 2. The lowest BCUT2D eigenvalue weighted by Gasteiger charge is -2.14. The maximum Gasteiger partial charge on any atom is 0.338 e. The second-order valence-corrected chi connectivity index (χ2v) is 8.45. The maximum absolute atomic E-state index is 11.3. The molecule has 10 nitrogen and oxygen atoms in total. The van der Waals surface area contributed by atoms with Crippen LogP contribution >= 0.6 is 0 Å². The molecule has 0 heterocycles. The van der Waals surface area contributed by atoms with Gasteiger partial charge in [-0.15, -0.1) is 0 Å². The number of hydrogen-bond acceptors (Lipinski definition) is 10. The molecule has 0 amide bonds. The molecule has 0 fully saturated rings. The molecule has 0 bridgehead atoms. The largest absolute Gasteiger partial charge is 0.467 e. The quantitative estimate of drug-likeness (QED) is 0.338. The van der Waals surface area contributed by atoms with E-state index in [9.17, 15) is 23.1 Å². The molecule has 11 heteroatoms. The monoisotopic (exact) mass is 498 g/mol. The molecule has 0 aliphatic carbocycles. The third kappa shape index (κ3) is 13.0. The van der Waals surface area contributed by atoms with Gasteiger partial charge in [-0.25, -0.2) is 9.59 Å². The Hall–Kier alpha value is -2.83. The third-order valence-electron chi connectivity index (χ3n) is 4.00. The van der Waals surface area contributed by atoms with Crippen molar-refractivity contribution < 1.29 is 46.2 Å². The van der Waals surface area contributed by atoms with Crippen LogP contribution in [0.3, 0.4) is 0 Å². The van der Waals surface area contributed by atoms with E-state index in [4.69, 9.17) is 9.47 Å². The second kappa shape index (κ2) is 15.9. The first-order valence-corrected chi connectivity index (χ1v) is 11.9. The van der Waals surface area contributed by atoms with Crippen LogP contribution in [-0.2, 0) is 56.1 Å². The summed E-state index contributed by atoms with van der Waals surface area (Å²) in [4.78, 5) is 22.1. The molecule has 34 heavy (non-hydrogen) atoms. The van der Waals surface area contributed by atoms with Gasteiger partial charge in [0.2, 0.25) is 0 Å². The van der Waals surface area contributed by atoms with E-state index >= 15 is 0 Å². The van der Waals surface area contributed by atoms with E-state index in [2.05, 4.69) is 13.7 Å². The molecule has 0 saturated carbocycles. The highest BCUT2D eigenvalue weighted by atomic mass is 32.2. The number of ether oxygens (including phenoxy) is 4. The first-order chi connectivity index (χ1) is 16.2. The lowest BCUT2D eigenvalue weighted by Crippen LogP contribution is -2.32. The molecule has 0 unspecified atom stereocenters. The highest BCUT2D eigenvalue weighted by molar-refractivity contribution is 7.86. The molecule has 2 aromatic carbocycles. The van der Waals surface area contributed by atoms with Crippen LogP contribution in [-0.4, -0.2) is 71.4 Å². The molecule has 0 aromatic heterocycles. The zero-order valence-corrected chi connectivity index (χ0v) is 20.1. The van der Waals surface area contributed by atoms with Gasteiger partial charge in [0.05, 0.1) is 46.9 Å². The Morgan fingerprint density at radius 3 is 1.65 bits per heavy atom. The van der Waals surface area contributed by atoms with Crippen molar-refractivity contribution in [3.63, 3.8) is 0 Å².